The van der Waals surface area contributed by atoms with Crippen molar-refractivity contribution in [1.82, 2.24) is 10.2 Å². The first kappa shape index (κ1) is 2.39. The minimum absolute atomic E-state index is 0.303. The van der Waals surface area contributed by atoms with Crippen molar-refractivity contribution in [2.24, 2.45) is 0 Å². The highest BCUT2D eigenvalue weighted by Gasteiger charge is 1.73. The average molecular weight is 83.1 g/mol. The zero-order valence-electron chi connectivity index (χ0n) is 4.52. The molecule has 0 aliphatic heterocycles. The molecule has 0 saturated heterocycles. The highest BCUT2D eigenvalue weighted by Crippen LogP contribution is 1.82. The van der Waals surface area contributed by atoms with Gasteiger partial charge in [-0.1, -0.05) is 0 Å². The van der Waals surface area contributed by atoms with Crippen molar-refractivity contribution in [2.45, 2.75) is 6.92 Å². The van der Waals surface area contributed by atoms with Gasteiger partial charge in [0.25, 0.3) is 0 Å². The number of nitrogens with zero attached hydrogens (tertiary/aromatic N) is 1. The van der Waals surface area contributed by atoms with Crippen LogP contribution in [0.1, 0.15) is 7.06 Å². The van der Waals surface area contributed by atoms with Crippen LogP contribution in [-0.2, 0) is 0 Å². The Hall–Kier alpha value is -0.790. The SMILES string of the molecule is [2H]c1cc(C)[nH]n1. The van der Waals surface area contributed by atoms with E-state index >= 15 is 0 Å². The van der Waals surface area contributed by atoms with E-state index in [2.05, 4.69) is 10.2 Å². The third-order valence-corrected chi connectivity index (χ3v) is 0.578. The molecule has 0 saturated carbocycles. The summed E-state index contributed by atoms with van der Waals surface area (Å²) in [5.41, 5.74) is 0.935. The maximum atomic E-state index is 6.87. The van der Waals surface area contributed by atoms with Crippen LogP contribution in [0.25, 0.3) is 0 Å². The number of H-pyrrole nitrogens is 1. The molecule has 0 radical (unpaired) electrons. The third kappa shape index (κ3) is 0.407. The van der Waals surface area contributed by atoms with Gasteiger partial charge < -0.3 is 0 Å². The van der Waals surface area contributed by atoms with E-state index in [0.29, 0.717) is 6.17 Å². The maximum absolute atomic E-state index is 6.87. The first-order valence-electron chi connectivity index (χ1n) is 2.27. The van der Waals surface area contributed by atoms with E-state index in [1.807, 2.05) is 6.92 Å². The fourth-order valence-electron chi connectivity index (χ4n) is 0.282. The summed E-state index contributed by atoms with van der Waals surface area (Å²) >= 11 is 0. The van der Waals surface area contributed by atoms with Crippen molar-refractivity contribution < 1.29 is 1.37 Å². The van der Waals surface area contributed by atoms with E-state index in [4.69, 9.17) is 1.37 Å². The molecule has 1 N–H and O–H groups in total. The van der Waals surface area contributed by atoms with Crippen LogP contribution in [0.5, 0.6) is 0 Å². The van der Waals surface area contributed by atoms with E-state index < -0.39 is 0 Å². The molecule has 0 fully saturated rings. The van der Waals surface area contributed by atoms with Crippen molar-refractivity contribution in [3.8, 4) is 0 Å². The second-order valence-electron chi connectivity index (χ2n) is 1.18. The van der Waals surface area contributed by atoms with E-state index in [-0.39, 0.29) is 0 Å². The number of hydrogen-bond acceptors (Lipinski definition) is 1. The fraction of sp³-hybridized carbons (Fsp3) is 0.250. The molecule has 0 aliphatic carbocycles. The topological polar surface area (TPSA) is 28.7 Å². The van der Waals surface area contributed by atoms with Gasteiger partial charge in [-0.3, -0.25) is 5.10 Å². The second-order valence-corrected chi connectivity index (χ2v) is 1.18. The Balaban J connectivity index is 3.04. The van der Waals surface area contributed by atoms with Crippen molar-refractivity contribution in [3.63, 3.8) is 0 Å². The average Bonchev–Trinajstić information content (AvgIpc) is 1.87. The van der Waals surface area contributed by atoms with Crippen molar-refractivity contribution in [3.05, 3.63) is 17.9 Å². The quantitative estimate of drug-likeness (QED) is 0.492. The Labute approximate surface area is 37.6 Å². The lowest BCUT2D eigenvalue weighted by molar-refractivity contribution is 1.05. The number of rotatable bonds is 0. The molecule has 2 nitrogen and oxygen atoms in total. The molecule has 0 atom stereocenters. The first-order chi connectivity index (χ1) is 3.29. The zero-order chi connectivity index (χ0) is 5.28. The highest BCUT2D eigenvalue weighted by atomic mass is 15.1. The number of aryl methyl sites for hydroxylation is 1. The molecule has 0 amide bonds. The monoisotopic (exact) mass is 83.1 g/mol. The number of aromatic amines is 1. The predicted molar refractivity (Wildman–Crippen MR) is 23.3 cm³/mol. The van der Waals surface area contributed by atoms with Crippen LogP contribution in [0.15, 0.2) is 12.2 Å². The van der Waals surface area contributed by atoms with Crippen molar-refractivity contribution in [1.29, 1.82) is 0 Å². The summed E-state index contributed by atoms with van der Waals surface area (Å²) in [6.45, 7) is 1.87. The van der Waals surface area contributed by atoms with Crippen LogP contribution in [0.4, 0.5) is 0 Å². The molecule has 6 heavy (non-hydrogen) atoms. The summed E-state index contributed by atoms with van der Waals surface area (Å²) in [5, 5.41) is 6.19. The van der Waals surface area contributed by atoms with Gasteiger partial charge in [0.05, 0.1) is 1.37 Å². The molecule has 1 aromatic heterocycles. The summed E-state index contributed by atoms with van der Waals surface area (Å²) in [6.07, 6.45) is 0.303. The normalized spacial score (nSPS) is 11.2. The Morgan fingerprint density at radius 2 is 3.00 bits per heavy atom. The summed E-state index contributed by atoms with van der Waals surface area (Å²) in [4.78, 5) is 0. The van der Waals surface area contributed by atoms with Gasteiger partial charge in [0.2, 0.25) is 0 Å². The molecule has 0 aliphatic rings. The highest BCUT2D eigenvalue weighted by molar-refractivity contribution is 4.91. The van der Waals surface area contributed by atoms with E-state index in [1.54, 1.807) is 6.07 Å². The van der Waals surface area contributed by atoms with E-state index in [9.17, 15) is 0 Å². The van der Waals surface area contributed by atoms with Crippen LogP contribution in [-0.4, -0.2) is 10.2 Å². The molecule has 2 heteroatoms. The predicted octanol–water partition coefficient (Wildman–Crippen LogP) is 0.718. The Bertz CT molecular complexity index is 142. The Kier molecular flexibility index (Phi) is 0.449. The minimum atomic E-state index is 0.303. The van der Waals surface area contributed by atoms with E-state index in [1.165, 1.54) is 0 Å². The van der Waals surface area contributed by atoms with Gasteiger partial charge in [0, 0.05) is 11.9 Å². The van der Waals surface area contributed by atoms with Gasteiger partial charge in [-0.15, -0.1) is 0 Å². The lowest BCUT2D eigenvalue weighted by Crippen LogP contribution is -1.65. The molecule has 0 aromatic carbocycles. The van der Waals surface area contributed by atoms with E-state index in [0.717, 1.165) is 5.69 Å². The van der Waals surface area contributed by atoms with Crippen LogP contribution in [0.3, 0.4) is 0 Å². The zero-order valence-corrected chi connectivity index (χ0v) is 3.52. The summed E-state index contributed by atoms with van der Waals surface area (Å²) in [7, 11) is 0. The molecule has 0 spiro atoms. The Morgan fingerprint density at radius 1 is 2.17 bits per heavy atom. The van der Waals surface area contributed by atoms with Crippen molar-refractivity contribution in [2.75, 3.05) is 0 Å². The van der Waals surface area contributed by atoms with Crippen LogP contribution in [0, 0.1) is 6.92 Å². The molecule has 1 aromatic rings. The molecule has 1 heterocycles. The van der Waals surface area contributed by atoms with Gasteiger partial charge in [-0.25, -0.2) is 0 Å². The van der Waals surface area contributed by atoms with Crippen molar-refractivity contribution >= 4 is 0 Å². The lowest BCUT2D eigenvalue weighted by Gasteiger charge is -1.68. The lowest BCUT2D eigenvalue weighted by atomic mass is 10.5. The molecule has 1 rings (SSSR count). The minimum Gasteiger partial charge on any atom is -0.283 e. The summed E-state index contributed by atoms with van der Waals surface area (Å²) in [6, 6.07) is 1.67. The first-order valence-corrected chi connectivity index (χ1v) is 1.77. The fourth-order valence-corrected chi connectivity index (χ4v) is 0.282. The maximum Gasteiger partial charge on any atom is 0.0860 e. The Morgan fingerprint density at radius 3 is 3.17 bits per heavy atom. The number of nitrogens with one attached hydrogen (secondary N) is 1. The second kappa shape index (κ2) is 1.12. The summed E-state index contributed by atoms with van der Waals surface area (Å²) < 4.78 is 6.87. The third-order valence-electron chi connectivity index (χ3n) is 0.578. The molecule has 0 unspecified atom stereocenters. The standard InChI is InChI=1S/C4H6N2/c1-4-2-3-5-6-4/h2-3H,1H3,(H,5,6)/i3D. The summed E-state index contributed by atoms with van der Waals surface area (Å²) in [5.74, 6) is 0. The van der Waals surface area contributed by atoms with Gasteiger partial charge >= 0.3 is 0 Å². The van der Waals surface area contributed by atoms with Gasteiger partial charge in [0.15, 0.2) is 0 Å². The van der Waals surface area contributed by atoms with Gasteiger partial charge in [-0.05, 0) is 13.0 Å². The van der Waals surface area contributed by atoms with Crippen LogP contribution in [0.2, 0.25) is 0 Å². The largest absolute Gasteiger partial charge is 0.283 e. The number of hydrogen-bond donors (Lipinski definition) is 1. The van der Waals surface area contributed by atoms with Gasteiger partial charge in [-0.2, -0.15) is 5.10 Å². The molecule has 0 bridgehead atoms. The number of aromatic nitrogens is 2. The molecule has 32 valence electrons. The van der Waals surface area contributed by atoms with Crippen LogP contribution < -0.4 is 0 Å². The molecular weight excluding hydrogens is 76.1 g/mol. The smallest absolute Gasteiger partial charge is 0.0860 e. The van der Waals surface area contributed by atoms with Gasteiger partial charge in [0.1, 0.15) is 0 Å². The van der Waals surface area contributed by atoms with Crippen LogP contribution >= 0.6 is 0 Å². The molecular formula is C4H6N2.